The molecule has 0 aromatic heterocycles. The van der Waals surface area contributed by atoms with Crippen molar-refractivity contribution in [3.8, 4) is 0 Å². The Morgan fingerprint density at radius 1 is 0.152 bits per heavy atom. The van der Waals surface area contributed by atoms with Gasteiger partial charge in [-0.25, -0.2) is 0 Å². The molecule has 0 aliphatic rings. The fraction of sp³-hybridized carbons (Fsp3) is 0. The highest BCUT2D eigenvalue weighted by Gasteiger charge is 2.19. The van der Waals surface area contributed by atoms with Crippen LogP contribution in [0.25, 0.3) is 21.5 Å². The first kappa shape index (κ1) is 40.0. The highest BCUT2D eigenvalue weighted by Crippen LogP contribution is 2.43. The van der Waals surface area contributed by atoms with Crippen LogP contribution < -0.4 is 19.6 Å². The van der Waals surface area contributed by atoms with Gasteiger partial charge < -0.3 is 19.6 Å². The fourth-order valence-electron chi connectivity index (χ4n) is 9.08. The third kappa shape index (κ3) is 8.00. The second-order valence-electron chi connectivity index (χ2n) is 16.3. The van der Waals surface area contributed by atoms with Crippen LogP contribution in [0.3, 0.4) is 0 Å². The maximum atomic E-state index is 2.34. The van der Waals surface area contributed by atoms with Crippen LogP contribution in [-0.4, -0.2) is 0 Å². The van der Waals surface area contributed by atoms with Crippen LogP contribution in [0.4, 0.5) is 68.2 Å². The van der Waals surface area contributed by atoms with E-state index in [1.165, 1.54) is 21.5 Å². The van der Waals surface area contributed by atoms with E-state index in [2.05, 4.69) is 299 Å². The zero-order chi connectivity index (χ0) is 44.1. The Labute approximate surface area is 386 Å². The Kier molecular flexibility index (Phi) is 10.9. The quantitative estimate of drug-likeness (QED) is 0.114. The van der Waals surface area contributed by atoms with Gasteiger partial charge in [0.15, 0.2) is 0 Å². The van der Waals surface area contributed by atoms with Crippen molar-refractivity contribution in [2.45, 2.75) is 0 Å². The first-order valence-electron chi connectivity index (χ1n) is 22.4. The Hall–Kier alpha value is -8.86. The molecule has 11 rings (SSSR count). The molecule has 0 N–H and O–H groups in total. The van der Waals surface area contributed by atoms with Gasteiger partial charge in [-0.05, 0) is 167 Å². The highest BCUT2D eigenvalue weighted by molar-refractivity contribution is 6.10. The third-order valence-electron chi connectivity index (χ3n) is 12.1. The van der Waals surface area contributed by atoms with Crippen molar-refractivity contribution >= 4 is 89.8 Å². The van der Waals surface area contributed by atoms with E-state index in [9.17, 15) is 0 Å². The molecule has 0 unspecified atom stereocenters. The van der Waals surface area contributed by atoms with Crippen LogP contribution in [0.2, 0.25) is 0 Å². The minimum Gasteiger partial charge on any atom is -0.311 e. The Morgan fingerprint density at radius 3 is 0.561 bits per heavy atom. The SMILES string of the molecule is c1ccc(N(c2ccccc2)c2ccc(N(c3ccccc3)c3ccc4c(ccc5cc(N(c6ccccc6)c6ccc(N(c7ccccc7)c7ccccc7)cc6)ccc54)c3)cc2)cc1. The largest absolute Gasteiger partial charge is 0.311 e. The van der Waals surface area contributed by atoms with Crippen LogP contribution in [-0.2, 0) is 0 Å². The molecule has 314 valence electrons. The first-order valence-corrected chi connectivity index (χ1v) is 22.4. The average Bonchev–Trinajstić information content (AvgIpc) is 3.39. The van der Waals surface area contributed by atoms with Crippen LogP contribution in [0, 0.1) is 0 Å². The van der Waals surface area contributed by atoms with E-state index in [0.29, 0.717) is 0 Å². The van der Waals surface area contributed by atoms with Crippen molar-refractivity contribution in [1.29, 1.82) is 0 Å². The van der Waals surface area contributed by atoms with Gasteiger partial charge in [0.1, 0.15) is 0 Å². The molecule has 0 saturated carbocycles. The maximum absolute atomic E-state index is 2.34. The number of nitrogens with zero attached hydrogens (tertiary/aromatic N) is 4. The number of hydrogen-bond donors (Lipinski definition) is 0. The second kappa shape index (κ2) is 18.1. The molecular formula is C62H46N4. The predicted octanol–water partition coefficient (Wildman–Crippen LogP) is 17.9. The number of rotatable bonds is 12. The molecule has 0 amide bonds. The van der Waals surface area contributed by atoms with Gasteiger partial charge in [0.05, 0.1) is 0 Å². The molecule has 11 aromatic carbocycles. The van der Waals surface area contributed by atoms with E-state index in [-0.39, 0.29) is 0 Å². The van der Waals surface area contributed by atoms with E-state index in [1.807, 2.05) is 0 Å². The maximum Gasteiger partial charge on any atom is 0.0468 e. The molecule has 4 nitrogen and oxygen atoms in total. The fourth-order valence-corrected chi connectivity index (χ4v) is 9.08. The van der Waals surface area contributed by atoms with Crippen molar-refractivity contribution in [3.63, 3.8) is 0 Å². The first-order chi connectivity index (χ1) is 32.7. The Morgan fingerprint density at radius 2 is 0.333 bits per heavy atom. The zero-order valence-corrected chi connectivity index (χ0v) is 36.3. The minimum absolute atomic E-state index is 1.08. The molecule has 0 aliphatic heterocycles. The molecule has 66 heavy (non-hydrogen) atoms. The molecular weight excluding hydrogens is 801 g/mol. The summed E-state index contributed by atoms with van der Waals surface area (Å²) in [7, 11) is 0. The standard InChI is InChI=1S/C62H46N4/c1-7-19-49(20-8-1)63(50-21-9-2-10-22-50)55-33-37-57(38-34-55)65(53-27-15-5-16-28-53)59-41-43-61-47(45-59)31-32-48-46-60(42-44-62(48)61)66(54-29-17-6-18-30-54)58-39-35-56(36-40-58)64(51-23-11-3-12-24-51)52-25-13-4-14-26-52/h1-46H. The molecule has 0 heterocycles. The molecule has 4 heteroatoms. The van der Waals surface area contributed by atoms with E-state index in [0.717, 1.165) is 68.2 Å². The smallest absolute Gasteiger partial charge is 0.0468 e. The molecule has 0 aliphatic carbocycles. The topological polar surface area (TPSA) is 13.0 Å². The second-order valence-corrected chi connectivity index (χ2v) is 16.3. The summed E-state index contributed by atoms with van der Waals surface area (Å²) in [6.45, 7) is 0. The summed E-state index contributed by atoms with van der Waals surface area (Å²) in [6.07, 6.45) is 0. The van der Waals surface area contributed by atoms with E-state index >= 15 is 0 Å². The molecule has 0 atom stereocenters. The van der Waals surface area contributed by atoms with Gasteiger partial charge in [-0.2, -0.15) is 0 Å². The van der Waals surface area contributed by atoms with Gasteiger partial charge in [-0.1, -0.05) is 133 Å². The van der Waals surface area contributed by atoms with Gasteiger partial charge in [0, 0.05) is 68.2 Å². The summed E-state index contributed by atoms with van der Waals surface area (Å²) in [4.78, 5) is 9.27. The lowest BCUT2D eigenvalue weighted by Gasteiger charge is -2.29. The number of fused-ring (bicyclic) bond motifs is 3. The van der Waals surface area contributed by atoms with Crippen molar-refractivity contribution in [2.24, 2.45) is 0 Å². The molecule has 11 aromatic rings. The lowest BCUT2D eigenvalue weighted by molar-refractivity contribution is 1.26. The molecule has 0 radical (unpaired) electrons. The van der Waals surface area contributed by atoms with Gasteiger partial charge in [-0.3, -0.25) is 0 Å². The summed E-state index contributed by atoms with van der Waals surface area (Å²) in [5.41, 5.74) is 13.2. The summed E-state index contributed by atoms with van der Waals surface area (Å²) >= 11 is 0. The zero-order valence-electron chi connectivity index (χ0n) is 36.3. The summed E-state index contributed by atoms with van der Waals surface area (Å²) in [5, 5.41) is 4.79. The van der Waals surface area contributed by atoms with Gasteiger partial charge >= 0.3 is 0 Å². The molecule has 0 spiro atoms. The summed E-state index contributed by atoms with van der Waals surface area (Å²) in [5.74, 6) is 0. The summed E-state index contributed by atoms with van der Waals surface area (Å²) < 4.78 is 0. The van der Waals surface area contributed by atoms with Crippen molar-refractivity contribution in [2.75, 3.05) is 19.6 Å². The van der Waals surface area contributed by atoms with E-state index in [4.69, 9.17) is 0 Å². The van der Waals surface area contributed by atoms with Crippen molar-refractivity contribution in [3.05, 3.63) is 279 Å². The van der Waals surface area contributed by atoms with Gasteiger partial charge in [0.2, 0.25) is 0 Å². The monoisotopic (exact) mass is 846 g/mol. The lowest BCUT2D eigenvalue weighted by atomic mass is 10.00. The average molecular weight is 847 g/mol. The van der Waals surface area contributed by atoms with Crippen molar-refractivity contribution < 1.29 is 0 Å². The van der Waals surface area contributed by atoms with Crippen LogP contribution in [0.15, 0.2) is 279 Å². The summed E-state index contributed by atoms with van der Waals surface area (Å²) in [6, 6.07) is 99.4. The minimum atomic E-state index is 1.08. The van der Waals surface area contributed by atoms with E-state index in [1.54, 1.807) is 0 Å². The number of hydrogen-bond acceptors (Lipinski definition) is 4. The molecule has 0 saturated heterocycles. The van der Waals surface area contributed by atoms with Crippen LogP contribution in [0.5, 0.6) is 0 Å². The normalized spacial score (nSPS) is 11.0. The van der Waals surface area contributed by atoms with Gasteiger partial charge in [0.25, 0.3) is 0 Å². The van der Waals surface area contributed by atoms with E-state index < -0.39 is 0 Å². The number of benzene rings is 11. The third-order valence-corrected chi connectivity index (χ3v) is 12.1. The van der Waals surface area contributed by atoms with Crippen molar-refractivity contribution in [1.82, 2.24) is 0 Å². The predicted molar refractivity (Wildman–Crippen MR) is 280 cm³/mol. The molecule has 0 bridgehead atoms. The molecule has 0 fully saturated rings. The number of anilines is 12. The van der Waals surface area contributed by atoms with Crippen LogP contribution in [0.1, 0.15) is 0 Å². The number of para-hydroxylation sites is 6. The Bertz CT molecular complexity index is 3020. The lowest BCUT2D eigenvalue weighted by Crippen LogP contribution is -2.12. The van der Waals surface area contributed by atoms with Crippen LogP contribution >= 0.6 is 0 Å². The van der Waals surface area contributed by atoms with Gasteiger partial charge in [-0.15, -0.1) is 0 Å². The highest BCUT2D eigenvalue weighted by atomic mass is 15.2. The Balaban J connectivity index is 0.938.